The number of β-amino-alcohol motifs (C(OH)–C–C–N with tert-alkyl or cyclic N) is 1. The van der Waals surface area contributed by atoms with Crippen molar-refractivity contribution in [3.05, 3.63) is 35.4 Å². The number of aryl methyl sites for hydroxylation is 1. The fourth-order valence-corrected chi connectivity index (χ4v) is 3.10. The normalized spacial score (nSPS) is 19.8. The first-order valence-electron chi connectivity index (χ1n) is 7.59. The number of rotatable bonds is 5. The highest BCUT2D eigenvalue weighted by Crippen LogP contribution is 2.24. The molecule has 3 N–H and O–H groups in total. The molecule has 1 aliphatic rings. The molecule has 1 heterocycles. The lowest BCUT2D eigenvalue weighted by atomic mass is 10.00. The summed E-state index contributed by atoms with van der Waals surface area (Å²) in [7, 11) is 0. The molecule has 1 saturated heterocycles. The van der Waals surface area contributed by atoms with Gasteiger partial charge in [-0.15, -0.1) is 0 Å². The first-order chi connectivity index (χ1) is 9.76. The molecule has 2 rings (SSSR count). The zero-order valence-electron chi connectivity index (χ0n) is 12.5. The Bertz CT molecular complexity index is 410. The van der Waals surface area contributed by atoms with Crippen molar-refractivity contribution in [1.29, 1.82) is 0 Å². The second-order valence-corrected chi connectivity index (χ2v) is 5.56. The fourth-order valence-electron chi connectivity index (χ4n) is 3.10. The van der Waals surface area contributed by atoms with Gasteiger partial charge in [0.1, 0.15) is 0 Å². The van der Waals surface area contributed by atoms with E-state index in [1.165, 1.54) is 11.1 Å². The molecule has 1 aliphatic heterocycles. The van der Waals surface area contributed by atoms with Gasteiger partial charge in [0.15, 0.2) is 0 Å². The summed E-state index contributed by atoms with van der Waals surface area (Å²) in [4.78, 5) is 4.84. The molecule has 0 bridgehead atoms. The van der Waals surface area contributed by atoms with Crippen molar-refractivity contribution in [2.24, 2.45) is 5.73 Å². The Hall–Kier alpha value is -0.940. The van der Waals surface area contributed by atoms with Gasteiger partial charge < -0.3 is 10.8 Å². The van der Waals surface area contributed by atoms with Gasteiger partial charge in [0.2, 0.25) is 0 Å². The molecule has 1 aromatic rings. The Balaban J connectivity index is 2.06. The molecule has 112 valence electrons. The molecular weight excluding hydrogens is 250 g/mol. The minimum absolute atomic E-state index is 0.248. The van der Waals surface area contributed by atoms with Crippen LogP contribution >= 0.6 is 0 Å². The maximum absolute atomic E-state index is 9.07. The largest absolute Gasteiger partial charge is 0.395 e. The van der Waals surface area contributed by atoms with Crippen LogP contribution in [0.15, 0.2) is 24.3 Å². The van der Waals surface area contributed by atoms with Gasteiger partial charge in [-0.3, -0.25) is 9.80 Å². The summed E-state index contributed by atoms with van der Waals surface area (Å²) in [6.45, 7) is 8.04. The van der Waals surface area contributed by atoms with Crippen LogP contribution in [0.5, 0.6) is 0 Å². The van der Waals surface area contributed by atoms with Crippen LogP contribution in [0.3, 0.4) is 0 Å². The van der Waals surface area contributed by atoms with Crippen LogP contribution in [0.1, 0.15) is 23.6 Å². The summed E-state index contributed by atoms with van der Waals surface area (Å²) in [6.07, 6.45) is 1.14. The number of benzene rings is 1. The Morgan fingerprint density at radius 3 is 2.70 bits per heavy atom. The third kappa shape index (κ3) is 3.79. The molecule has 0 saturated carbocycles. The molecule has 0 aliphatic carbocycles. The van der Waals surface area contributed by atoms with E-state index in [0.29, 0.717) is 12.6 Å². The zero-order chi connectivity index (χ0) is 14.4. The third-order valence-electron chi connectivity index (χ3n) is 4.25. The van der Waals surface area contributed by atoms with Crippen molar-refractivity contribution < 1.29 is 5.11 Å². The summed E-state index contributed by atoms with van der Waals surface area (Å²) in [6, 6.07) is 8.85. The Labute approximate surface area is 122 Å². The van der Waals surface area contributed by atoms with Crippen molar-refractivity contribution >= 4 is 0 Å². The van der Waals surface area contributed by atoms with Crippen LogP contribution in [0.4, 0.5) is 0 Å². The summed E-state index contributed by atoms with van der Waals surface area (Å²) in [5, 5.41) is 9.07. The zero-order valence-corrected chi connectivity index (χ0v) is 12.5. The minimum Gasteiger partial charge on any atom is -0.395 e. The fraction of sp³-hybridized carbons (Fsp3) is 0.625. The van der Waals surface area contributed by atoms with Gasteiger partial charge in [-0.2, -0.15) is 0 Å². The quantitative estimate of drug-likeness (QED) is 0.843. The molecule has 0 aromatic heterocycles. The number of hydrogen-bond donors (Lipinski definition) is 2. The third-order valence-corrected chi connectivity index (χ3v) is 4.25. The van der Waals surface area contributed by atoms with Crippen LogP contribution in [-0.2, 0) is 0 Å². The van der Waals surface area contributed by atoms with Gasteiger partial charge in [-0.25, -0.2) is 0 Å². The van der Waals surface area contributed by atoms with E-state index in [4.69, 9.17) is 10.8 Å². The van der Waals surface area contributed by atoms with Crippen LogP contribution in [0.25, 0.3) is 0 Å². The highest BCUT2D eigenvalue weighted by atomic mass is 16.3. The number of nitrogens with two attached hydrogens (primary N) is 1. The van der Waals surface area contributed by atoms with Crippen LogP contribution in [-0.4, -0.2) is 60.8 Å². The van der Waals surface area contributed by atoms with Crippen molar-refractivity contribution in [2.45, 2.75) is 19.4 Å². The SMILES string of the molecule is Cc1ccccc1C(CN)N1CCCN(CCO)CC1. The van der Waals surface area contributed by atoms with Gasteiger partial charge in [0, 0.05) is 38.8 Å². The van der Waals surface area contributed by atoms with E-state index in [9.17, 15) is 0 Å². The first-order valence-corrected chi connectivity index (χ1v) is 7.59. The summed E-state index contributed by atoms with van der Waals surface area (Å²) in [5.41, 5.74) is 8.72. The Kier molecular flexibility index (Phi) is 5.98. The van der Waals surface area contributed by atoms with Gasteiger partial charge in [0.25, 0.3) is 0 Å². The maximum Gasteiger partial charge on any atom is 0.0558 e. The second-order valence-electron chi connectivity index (χ2n) is 5.56. The molecule has 0 spiro atoms. The van der Waals surface area contributed by atoms with Crippen molar-refractivity contribution in [2.75, 3.05) is 45.9 Å². The Morgan fingerprint density at radius 2 is 2.00 bits per heavy atom. The lowest BCUT2D eigenvalue weighted by Crippen LogP contribution is -2.37. The van der Waals surface area contributed by atoms with E-state index >= 15 is 0 Å². The molecule has 1 fully saturated rings. The van der Waals surface area contributed by atoms with Crippen molar-refractivity contribution in [3.63, 3.8) is 0 Å². The average Bonchev–Trinajstić information content (AvgIpc) is 2.68. The van der Waals surface area contributed by atoms with E-state index < -0.39 is 0 Å². The standard InChI is InChI=1S/C16H27N3O/c1-14-5-2-3-6-15(14)16(13-17)19-8-4-7-18(9-10-19)11-12-20/h2-3,5-6,16,20H,4,7-13,17H2,1H3. The second kappa shape index (κ2) is 7.74. The number of hydrogen-bond acceptors (Lipinski definition) is 4. The lowest BCUT2D eigenvalue weighted by Gasteiger charge is -2.31. The van der Waals surface area contributed by atoms with E-state index in [0.717, 1.165) is 39.1 Å². The van der Waals surface area contributed by atoms with Crippen LogP contribution in [0.2, 0.25) is 0 Å². The monoisotopic (exact) mass is 277 g/mol. The van der Waals surface area contributed by atoms with Gasteiger partial charge in [0.05, 0.1) is 6.61 Å². The van der Waals surface area contributed by atoms with E-state index in [-0.39, 0.29) is 6.61 Å². The highest BCUT2D eigenvalue weighted by Gasteiger charge is 2.23. The van der Waals surface area contributed by atoms with Crippen molar-refractivity contribution in [1.82, 2.24) is 9.80 Å². The summed E-state index contributed by atoms with van der Waals surface area (Å²) < 4.78 is 0. The molecule has 20 heavy (non-hydrogen) atoms. The van der Waals surface area contributed by atoms with Crippen LogP contribution in [0, 0.1) is 6.92 Å². The van der Waals surface area contributed by atoms with E-state index in [2.05, 4.69) is 41.0 Å². The van der Waals surface area contributed by atoms with Gasteiger partial charge in [-0.1, -0.05) is 24.3 Å². The molecule has 4 heteroatoms. The predicted molar refractivity (Wildman–Crippen MR) is 82.7 cm³/mol. The first kappa shape index (κ1) is 15.4. The molecule has 1 atom stereocenters. The lowest BCUT2D eigenvalue weighted by molar-refractivity contribution is 0.182. The molecule has 0 radical (unpaired) electrons. The van der Waals surface area contributed by atoms with E-state index in [1.54, 1.807) is 0 Å². The highest BCUT2D eigenvalue weighted by molar-refractivity contribution is 5.29. The molecular formula is C16H27N3O. The Morgan fingerprint density at radius 1 is 1.20 bits per heavy atom. The summed E-state index contributed by atoms with van der Waals surface area (Å²) >= 11 is 0. The number of aliphatic hydroxyl groups is 1. The number of nitrogens with zero attached hydrogens (tertiary/aromatic N) is 2. The topological polar surface area (TPSA) is 52.7 Å². The van der Waals surface area contributed by atoms with E-state index in [1.807, 2.05) is 0 Å². The maximum atomic E-state index is 9.07. The van der Waals surface area contributed by atoms with Crippen molar-refractivity contribution in [3.8, 4) is 0 Å². The van der Waals surface area contributed by atoms with Crippen LogP contribution < -0.4 is 5.73 Å². The molecule has 1 unspecified atom stereocenters. The van der Waals surface area contributed by atoms with Gasteiger partial charge in [-0.05, 0) is 31.0 Å². The number of aliphatic hydroxyl groups excluding tert-OH is 1. The molecule has 1 aromatic carbocycles. The smallest absolute Gasteiger partial charge is 0.0558 e. The summed E-state index contributed by atoms with van der Waals surface area (Å²) in [5.74, 6) is 0. The predicted octanol–water partition coefficient (Wildman–Crippen LogP) is 0.995. The minimum atomic E-state index is 0.248. The van der Waals surface area contributed by atoms with Gasteiger partial charge >= 0.3 is 0 Å². The molecule has 0 amide bonds. The molecule has 4 nitrogen and oxygen atoms in total. The average molecular weight is 277 g/mol.